The molecule has 0 fully saturated rings. The highest BCUT2D eigenvalue weighted by atomic mass is 32.1. The number of hydrogen-bond donors (Lipinski definition) is 0. The predicted molar refractivity (Wildman–Crippen MR) is 131 cm³/mol. The normalized spacial score (nSPS) is 16.7. The van der Waals surface area contributed by atoms with Gasteiger partial charge in [0.2, 0.25) is 0 Å². The van der Waals surface area contributed by atoms with Crippen molar-refractivity contribution in [2.75, 3.05) is 19.7 Å². The molecule has 2 aliphatic rings. The molecule has 33 heavy (non-hydrogen) atoms. The van der Waals surface area contributed by atoms with Gasteiger partial charge >= 0.3 is 0 Å². The number of ether oxygens (including phenoxy) is 1. The largest absolute Gasteiger partial charge is 0.492 e. The monoisotopic (exact) mass is 458 g/mol. The summed E-state index contributed by atoms with van der Waals surface area (Å²) in [5.74, 6) is 0.950. The smallest absolute Gasteiger partial charge is 0.197 e. The zero-order valence-corrected chi connectivity index (χ0v) is 19.3. The van der Waals surface area contributed by atoms with E-state index in [-0.39, 0.29) is 5.43 Å². The lowest BCUT2D eigenvalue weighted by Crippen LogP contribution is -2.29. The van der Waals surface area contributed by atoms with Crippen LogP contribution in [0.25, 0.3) is 11.0 Å². The lowest BCUT2D eigenvalue weighted by molar-refractivity contribution is 0.218. The molecule has 0 saturated carbocycles. The molecule has 2 aromatic heterocycles. The summed E-state index contributed by atoms with van der Waals surface area (Å²) in [5.41, 5.74) is 5.34. The quantitative estimate of drug-likeness (QED) is 0.439. The maximum atomic E-state index is 13.0. The highest BCUT2D eigenvalue weighted by molar-refractivity contribution is 7.10. The Kier molecular flexibility index (Phi) is 5.50. The number of rotatable bonds is 4. The van der Waals surface area contributed by atoms with E-state index in [1.165, 1.54) is 21.6 Å². The van der Waals surface area contributed by atoms with Crippen LogP contribution in [0.4, 0.5) is 0 Å². The molecule has 4 aromatic rings. The average Bonchev–Trinajstić information content (AvgIpc) is 3.21. The van der Waals surface area contributed by atoms with Crippen LogP contribution in [0.1, 0.15) is 27.1 Å². The van der Waals surface area contributed by atoms with E-state index in [0.717, 1.165) is 44.9 Å². The summed E-state index contributed by atoms with van der Waals surface area (Å²) in [7, 11) is 0. The van der Waals surface area contributed by atoms with E-state index in [1.807, 2.05) is 35.6 Å². The molecule has 2 aromatic carbocycles. The zero-order valence-electron chi connectivity index (χ0n) is 18.5. The molecule has 4 heterocycles. The molecule has 0 amide bonds. The van der Waals surface area contributed by atoms with E-state index in [0.29, 0.717) is 29.7 Å². The average molecular weight is 459 g/mol. The van der Waals surface area contributed by atoms with E-state index in [1.54, 1.807) is 6.26 Å². The van der Waals surface area contributed by atoms with Gasteiger partial charge in [0, 0.05) is 55.3 Å². The zero-order chi connectivity index (χ0) is 22.2. The highest BCUT2D eigenvalue weighted by Gasteiger charge is 2.20. The Hall–Kier alpha value is -2.93. The first kappa shape index (κ1) is 20.7. The first-order valence-electron chi connectivity index (χ1n) is 11.5. The third-order valence-electron chi connectivity index (χ3n) is 6.62. The van der Waals surface area contributed by atoms with Gasteiger partial charge in [-0.2, -0.15) is 0 Å². The molecule has 0 aliphatic carbocycles. The summed E-state index contributed by atoms with van der Waals surface area (Å²) in [6.07, 6.45) is 2.76. The molecule has 0 bridgehead atoms. The summed E-state index contributed by atoms with van der Waals surface area (Å²) < 4.78 is 11.8. The molecular formula is C27H26N2O3S. The Morgan fingerprint density at radius 1 is 0.939 bits per heavy atom. The standard InChI is InChI=1S/C27H26N2O3S/c30-27-22(18-32-25-4-2-1-3-23(25)27)17-29-10-11-31-24-6-5-19(13-21(24)16-29)14-28-9-7-26-20(15-28)8-12-33-26/h1-6,8,12-13,18H,7,9-11,14-17H2. The van der Waals surface area contributed by atoms with Gasteiger partial charge in [0.15, 0.2) is 5.43 Å². The topological polar surface area (TPSA) is 45.9 Å². The van der Waals surface area contributed by atoms with Crippen LogP contribution in [0.15, 0.2) is 69.4 Å². The minimum absolute atomic E-state index is 0.0499. The minimum atomic E-state index is 0.0499. The van der Waals surface area contributed by atoms with Crippen molar-refractivity contribution in [2.45, 2.75) is 32.6 Å². The van der Waals surface area contributed by atoms with Crippen LogP contribution in [0.5, 0.6) is 5.75 Å². The summed E-state index contributed by atoms with van der Waals surface area (Å²) in [4.78, 5) is 19.3. The van der Waals surface area contributed by atoms with Crippen molar-refractivity contribution in [1.82, 2.24) is 9.80 Å². The molecular weight excluding hydrogens is 432 g/mol. The summed E-state index contributed by atoms with van der Waals surface area (Å²) >= 11 is 1.88. The summed E-state index contributed by atoms with van der Waals surface area (Å²) in [6.45, 7) is 5.75. The number of fused-ring (bicyclic) bond motifs is 3. The lowest BCUT2D eigenvalue weighted by atomic mass is 10.1. The van der Waals surface area contributed by atoms with Gasteiger partial charge in [-0.05, 0) is 53.3 Å². The molecule has 168 valence electrons. The molecule has 0 unspecified atom stereocenters. The van der Waals surface area contributed by atoms with Crippen molar-refractivity contribution in [2.24, 2.45) is 0 Å². The van der Waals surface area contributed by atoms with Crippen LogP contribution in [0.3, 0.4) is 0 Å². The number of hydrogen-bond acceptors (Lipinski definition) is 6. The van der Waals surface area contributed by atoms with Crippen LogP contribution in [-0.2, 0) is 32.6 Å². The Balaban J connectivity index is 1.20. The van der Waals surface area contributed by atoms with Gasteiger partial charge in [-0.25, -0.2) is 0 Å². The molecule has 6 heteroatoms. The summed E-state index contributed by atoms with van der Waals surface area (Å²) in [6, 6.07) is 16.3. The fourth-order valence-corrected chi connectivity index (χ4v) is 5.79. The van der Waals surface area contributed by atoms with Gasteiger partial charge < -0.3 is 9.15 Å². The second-order valence-corrected chi connectivity index (χ2v) is 9.92. The third-order valence-corrected chi connectivity index (χ3v) is 7.65. The fraction of sp³-hybridized carbons (Fsp3) is 0.296. The maximum Gasteiger partial charge on any atom is 0.197 e. The van der Waals surface area contributed by atoms with Gasteiger partial charge in [-0.15, -0.1) is 11.3 Å². The van der Waals surface area contributed by atoms with Gasteiger partial charge in [0.1, 0.15) is 17.9 Å². The van der Waals surface area contributed by atoms with Gasteiger partial charge in [0.25, 0.3) is 0 Å². The van der Waals surface area contributed by atoms with Crippen LogP contribution < -0.4 is 10.2 Å². The van der Waals surface area contributed by atoms with E-state index in [9.17, 15) is 4.79 Å². The van der Waals surface area contributed by atoms with E-state index in [4.69, 9.17) is 9.15 Å². The molecule has 0 spiro atoms. The van der Waals surface area contributed by atoms with Crippen LogP contribution in [0.2, 0.25) is 0 Å². The number of nitrogens with zero attached hydrogens (tertiary/aromatic N) is 2. The Bertz CT molecular complexity index is 1360. The molecule has 0 atom stereocenters. The summed E-state index contributed by atoms with van der Waals surface area (Å²) in [5, 5.41) is 2.84. The SMILES string of the molecule is O=c1c(CN2CCOc3ccc(CN4CCc5sccc5C4)cc3C2)coc2ccccc12. The van der Waals surface area contributed by atoms with E-state index >= 15 is 0 Å². The minimum Gasteiger partial charge on any atom is -0.492 e. The third kappa shape index (κ3) is 4.22. The Morgan fingerprint density at radius 3 is 2.79 bits per heavy atom. The number of benzene rings is 2. The van der Waals surface area contributed by atoms with Crippen molar-refractivity contribution >= 4 is 22.3 Å². The van der Waals surface area contributed by atoms with Crippen LogP contribution in [-0.4, -0.2) is 29.5 Å². The van der Waals surface area contributed by atoms with Crippen LogP contribution in [0, 0.1) is 0 Å². The second-order valence-electron chi connectivity index (χ2n) is 8.92. The number of thiophene rings is 1. The Labute approximate surface area is 196 Å². The van der Waals surface area contributed by atoms with Gasteiger partial charge in [-0.1, -0.05) is 18.2 Å². The molecule has 2 aliphatic heterocycles. The van der Waals surface area contributed by atoms with Crippen molar-refractivity contribution in [3.05, 3.63) is 97.5 Å². The lowest BCUT2D eigenvalue weighted by Gasteiger charge is -2.27. The molecule has 0 saturated heterocycles. The van der Waals surface area contributed by atoms with Crippen molar-refractivity contribution in [3.63, 3.8) is 0 Å². The highest BCUT2D eigenvalue weighted by Crippen LogP contribution is 2.28. The van der Waals surface area contributed by atoms with Gasteiger partial charge in [0.05, 0.1) is 11.6 Å². The van der Waals surface area contributed by atoms with Gasteiger partial charge in [-0.3, -0.25) is 14.6 Å². The van der Waals surface area contributed by atoms with Crippen molar-refractivity contribution in [3.8, 4) is 5.75 Å². The second kappa shape index (κ2) is 8.78. The van der Waals surface area contributed by atoms with Crippen LogP contribution >= 0.6 is 11.3 Å². The number of para-hydroxylation sites is 1. The molecule has 0 N–H and O–H groups in total. The Morgan fingerprint density at radius 2 is 1.82 bits per heavy atom. The van der Waals surface area contributed by atoms with E-state index < -0.39 is 0 Å². The first-order chi connectivity index (χ1) is 16.2. The van der Waals surface area contributed by atoms with Crippen molar-refractivity contribution in [1.29, 1.82) is 0 Å². The predicted octanol–water partition coefficient (Wildman–Crippen LogP) is 4.81. The first-order valence-corrected chi connectivity index (χ1v) is 12.3. The molecule has 5 nitrogen and oxygen atoms in total. The molecule has 0 radical (unpaired) electrons. The molecule has 6 rings (SSSR count). The fourth-order valence-electron chi connectivity index (χ4n) is 4.90. The van der Waals surface area contributed by atoms with E-state index in [2.05, 4.69) is 39.4 Å². The van der Waals surface area contributed by atoms with Crippen molar-refractivity contribution < 1.29 is 9.15 Å². The maximum absolute atomic E-state index is 13.0.